The predicted octanol–water partition coefficient (Wildman–Crippen LogP) is 8.18. The summed E-state index contributed by atoms with van der Waals surface area (Å²) in [5.74, 6) is 0.277. The number of pyridine rings is 1. The van der Waals surface area contributed by atoms with Crippen molar-refractivity contribution in [2.45, 2.75) is 57.5 Å². The highest BCUT2D eigenvalue weighted by Gasteiger charge is 2.45. The fourth-order valence-electron chi connectivity index (χ4n) is 7.86. The Kier molecular flexibility index (Phi) is 7.38. The number of thiazole rings is 1. The van der Waals surface area contributed by atoms with Gasteiger partial charge < -0.3 is 19.4 Å². The number of carbonyl (C=O) groups is 1. The molecule has 3 aromatic heterocycles. The molecule has 5 heterocycles. The largest absolute Gasteiger partial charge is 0.493 e. The van der Waals surface area contributed by atoms with Gasteiger partial charge in [0.2, 0.25) is 11.8 Å². The number of hydrogen-bond acceptors (Lipinski definition) is 9. The summed E-state index contributed by atoms with van der Waals surface area (Å²) in [6, 6.07) is 15.6. The van der Waals surface area contributed by atoms with Crippen molar-refractivity contribution in [3.05, 3.63) is 106 Å². The number of anilines is 1. The van der Waals surface area contributed by atoms with Gasteiger partial charge in [-0.2, -0.15) is 0 Å². The molecule has 2 aliphatic heterocycles. The van der Waals surface area contributed by atoms with E-state index in [9.17, 15) is 13.6 Å². The first kappa shape index (κ1) is 30.8. The Hall–Kier alpha value is -5.23. The van der Waals surface area contributed by atoms with Crippen LogP contribution in [0, 0.1) is 18.6 Å². The number of methoxy groups -OCH3 is 1. The Balaban J connectivity index is 1.20. The zero-order chi connectivity index (χ0) is 34.1. The smallest absolute Gasteiger partial charge is 0.257 e. The molecule has 12 heteroatoms. The second-order valence-corrected chi connectivity index (χ2v) is 14.0. The molecule has 1 aliphatic carbocycles. The number of nitrogens with one attached hydrogen (secondary N) is 1. The fraction of sp³-hybridized carbons (Fsp3) is 0.289. The van der Waals surface area contributed by atoms with E-state index in [2.05, 4.69) is 15.5 Å². The zero-order valence-electron chi connectivity index (χ0n) is 27.4. The van der Waals surface area contributed by atoms with E-state index in [4.69, 9.17) is 19.1 Å². The standard InChI is InChI=1S/C38H32F2N6O3S/c1-19-44-45-36(49-19)30-26(16-10-20-8-11-21(39)12-9-20)42-33-29-7-4-18-46(29)38(47)32(33)31(30)37-43-28-6-3-5-27(35(28)50-37)41-25-17-14-23-22(25)13-15-24(40)34(23)48-2/h3,5-6,8-9,11-13,15,25,29,41H,4,7,10,14,16-18H2,1-2H3/t25-,29-/m0/s1. The lowest BCUT2D eigenvalue weighted by atomic mass is 9.94. The van der Waals surface area contributed by atoms with Gasteiger partial charge in [-0.15, -0.1) is 21.5 Å². The Labute approximate surface area is 290 Å². The molecule has 252 valence electrons. The van der Waals surface area contributed by atoms with Gasteiger partial charge in [-0.1, -0.05) is 24.3 Å². The summed E-state index contributed by atoms with van der Waals surface area (Å²) in [4.78, 5) is 26.5. The SMILES string of the molecule is COc1c(F)ccc2c1CC[C@@H]2Nc1cccc2nc(-c3c4c(nc(CCc5ccc(F)cc5)c3-c3nnc(C)o3)[C@@H]3CCCN3C4=O)sc12. The summed E-state index contributed by atoms with van der Waals surface area (Å²) in [5.41, 5.74) is 7.85. The van der Waals surface area contributed by atoms with E-state index >= 15 is 0 Å². The number of carbonyl (C=O) groups excluding carboxylic acids is 1. The minimum atomic E-state index is -0.356. The van der Waals surface area contributed by atoms with Crippen molar-refractivity contribution in [1.29, 1.82) is 0 Å². The minimum Gasteiger partial charge on any atom is -0.493 e. The number of aromatic nitrogens is 4. The highest BCUT2D eigenvalue weighted by molar-refractivity contribution is 7.22. The van der Waals surface area contributed by atoms with Gasteiger partial charge in [0.15, 0.2) is 11.6 Å². The molecule has 9 nitrogen and oxygen atoms in total. The maximum atomic E-state index is 14.5. The third-order valence-electron chi connectivity index (χ3n) is 10.1. The first-order valence-electron chi connectivity index (χ1n) is 16.8. The summed E-state index contributed by atoms with van der Waals surface area (Å²) in [7, 11) is 1.50. The van der Waals surface area contributed by atoms with Crippen LogP contribution >= 0.6 is 11.3 Å². The van der Waals surface area contributed by atoms with Gasteiger partial charge in [-0.05, 0) is 80.0 Å². The van der Waals surface area contributed by atoms with Crippen LogP contribution in [0.4, 0.5) is 14.5 Å². The average molecular weight is 691 g/mol. The van der Waals surface area contributed by atoms with Gasteiger partial charge in [0, 0.05) is 24.6 Å². The third-order valence-corrected chi connectivity index (χ3v) is 11.2. The molecule has 0 unspecified atom stereocenters. The minimum absolute atomic E-state index is 0.0374. The van der Waals surface area contributed by atoms with E-state index in [1.807, 2.05) is 29.2 Å². The Bertz CT molecular complexity index is 2320. The topological polar surface area (TPSA) is 106 Å². The molecule has 0 saturated carbocycles. The van der Waals surface area contributed by atoms with Gasteiger partial charge >= 0.3 is 0 Å². The molecule has 1 fully saturated rings. The van der Waals surface area contributed by atoms with Gasteiger partial charge in [0.25, 0.3) is 5.91 Å². The monoisotopic (exact) mass is 690 g/mol. The molecule has 0 radical (unpaired) electrons. The molecule has 1 amide bonds. The van der Waals surface area contributed by atoms with E-state index in [-0.39, 0.29) is 35.5 Å². The van der Waals surface area contributed by atoms with Crippen molar-refractivity contribution in [1.82, 2.24) is 25.1 Å². The number of benzene rings is 3. The van der Waals surface area contributed by atoms with Crippen LogP contribution < -0.4 is 10.1 Å². The molecular formula is C38H32F2N6O3S. The molecule has 2 atom stereocenters. The summed E-state index contributed by atoms with van der Waals surface area (Å²) in [6.45, 7) is 2.40. The normalized spacial score (nSPS) is 17.8. The van der Waals surface area contributed by atoms with Crippen molar-refractivity contribution in [3.8, 4) is 27.8 Å². The maximum absolute atomic E-state index is 14.5. The number of halogens is 2. The van der Waals surface area contributed by atoms with Crippen molar-refractivity contribution in [2.75, 3.05) is 19.0 Å². The van der Waals surface area contributed by atoms with Gasteiger partial charge in [-0.25, -0.2) is 13.8 Å². The van der Waals surface area contributed by atoms with Crippen molar-refractivity contribution in [3.63, 3.8) is 0 Å². The first-order valence-corrected chi connectivity index (χ1v) is 17.6. The predicted molar refractivity (Wildman–Crippen MR) is 185 cm³/mol. The average Bonchev–Trinajstić information content (AvgIpc) is 3.96. The summed E-state index contributed by atoms with van der Waals surface area (Å²) >= 11 is 1.50. The van der Waals surface area contributed by atoms with Crippen LogP contribution in [0.25, 0.3) is 32.2 Å². The summed E-state index contributed by atoms with van der Waals surface area (Å²) < 4.78 is 40.6. The lowest BCUT2D eigenvalue weighted by Gasteiger charge is -2.17. The quantitative estimate of drug-likeness (QED) is 0.171. The summed E-state index contributed by atoms with van der Waals surface area (Å²) in [5, 5.41) is 12.9. The van der Waals surface area contributed by atoms with Crippen LogP contribution in [0.1, 0.15) is 75.7 Å². The van der Waals surface area contributed by atoms with Crippen LogP contribution in [0.5, 0.6) is 5.75 Å². The zero-order valence-corrected chi connectivity index (χ0v) is 28.2. The highest BCUT2D eigenvalue weighted by atomic mass is 32.1. The maximum Gasteiger partial charge on any atom is 0.257 e. The van der Waals surface area contributed by atoms with E-state index < -0.39 is 0 Å². The molecule has 1 N–H and O–H groups in total. The van der Waals surface area contributed by atoms with Gasteiger partial charge in [0.05, 0.1) is 57.6 Å². The number of aryl methyl sites for hydroxylation is 3. The van der Waals surface area contributed by atoms with E-state index in [1.165, 1.54) is 36.6 Å². The Morgan fingerprint density at radius 3 is 2.66 bits per heavy atom. The van der Waals surface area contributed by atoms with Gasteiger partial charge in [-0.3, -0.25) is 9.78 Å². The number of ether oxygens (including phenoxy) is 1. The summed E-state index contributed by atoms with van der Waals surface area (Å²) in [6.07, 6.45) is 4.35. The Morgan fingerprint density at radius 2 is 1.86 bits per heavy atom. The van der Waals surface area contributed by atoms with Crippen LogP contribution in [-0.4, -0.2) is 44.6 Å². The lowest BCUT2D eigenvalue weighted by Crippen LogP contribution is -2.22. The number of nitrogens with zero attached hydrogens (tertiary/aromatic N) is 5. The lowest BCUT2D eigenvalue weighted by molar-refractivity contribution is 0.0776. The van der Waals surface area contributed by atoms with Crippen molar-refractivity contribution < 1.29 is 22.7 Å². The van der Waals surface area contributed by atoms with E-state index in [0.717, 1.165) is 63.2 Å². The second kappa shape index (κ2) is 12.0. The Morgan fingerprint density at radius 1 is 1.00 bits per heavy atom. The molecule has 3 aliphatic rings. The molecule has 0 bridgehead atoms. The van der Waals surface area contributed by atoms with Crippen LogP contribution in [-0.2, 0) is 19.3 Å². The molecule has 50 heavy (non-hydrogen) atoms. The van der Waals surface area contributed by atoms with E-state index in [1.54, 1.807) is 19.1 Å². The fourth-order valence-corrected chi connectivity index (χ4v) is 8.96. The molecular weight excluding hydrogens is 659 g/mol. The third kappa shape index (κ3) is 4.95. The number of hydrogen-bond donors (Lipinski definition) is 1. The molecule has 3 aromatic carbocycles. The number of amides is 1. The number of fused-ring (bicyclic) bond motifs is 5. The molecule has 1 saturated heterocycles. The highest BCUT2D eigenvalue weighted by Crippen LogP contribution is 2.50. The van der Waals surface area contributed by atoms with Crippen molar-refractivity contribution >= 4 is 33.1 Å². The second-order valence-electron chi connectivity index (χ2n) is 13.0. The van der Waals surface area contributed by atoms with E-state index in [0.29, 0.717) is 59.1 Å². The molecule has 9 rings (SSSR count). The van der Waals surface area contributed by atoms with Crippen LogP contribution in [0.2, 0.25) is 0 Å². The number of rotatable bonds is 8. The van der Waals surface area contributed by atoms with Gasteiger partial charge in [0.1, 0.15) is 10.8 Å². The van der Waals surface area contributed by atoms with Crippen LogP contribution in [0.3, 0.4) is 0 Å². The first-order chi connectivity index (χ1) is 24.4. The van der Waals surface area contributed by atoms with Crippen molar-refractivity contribution in [2.24, 2.45) is 0 Å². The molecule has 0 spiro atoms. The van der Waals surface area contributed by atoms with Crippen LogP contribution in [0.15, 0.2) is 59.0 Å². The molecule has 6 aromatic rings.